The molecule has 2 heterocycles. The van der Waals surface area contributed by atoms with Crippen molar-refractivity contribution in [2.45, 2.75) is 20.8 Å². The number of rotatable bonds is 8. The number of carbonyl (C=O) groups is 1. The summed E-state index contributed by atoms with van der Waals surface area (Å²) in [5.41, 5.74) is 4.37. The molecule has 0 atom stereocenters. The monoisotopic (exact) mass is 449 g/mol. The van der Waals surface area contributed by atoms with E-state index in [1.54, 1.807) is 24.3 Å². The molecule has 0 saturated carbocycles. The first-order chi connectivity index (χ1) is 15.9. The molecular weight excluding hydrogens is 425 g/mol. The van der Waals surface area contributed by atoms with Crippen molar-refractivity contribution >= 4 is 11.6 Å². The summed E-state index contributed by atoms with van der Waals surface area (Å²) in [4.78, 5) is 12.1. The maximum atomic E-state index is 13.2. The zero-order valence-corrected chi connectivity index (χ0v) is 18.6. The highest BCUT2D eigenvalue weighted by molar-refractivity contribution is 5.77. The summed E-state index contributed by atoms with van der Waals surface area (Å²) < 4.78 is 26.1. The quantitative estimate of drug-likeness (QED) is 0.415. The summed E-state index contributed by atoms with van der Waals surface area (Å²) in [5, 5.41) is 15.3. The summed E-state index contributed by atoms with van der Waals surface area (Å²) in [6.45, 7) is 6.39. The third-order valence-corrected chi connectivity index (χ3v) is 4.97. The van der Waals surface area contributed by atoms with Gasteiger partial charge in [0.25, 0.3) is 5.91 Å². The van der Waals surface area contributed by atoms with E-state index >= 15 is 0 Å². The molecule has 8 nitrogen and oxygen atoms in total. The van der Waals surface area contributed by atoms with E-state index in [9.17, 15) is 9.18 Å². The molecule has 0 aliphatic carbocycles. The van der Waals surface area contributed by atoms with Crippen molar-refractivity contribution in [3.8, 4) is 23.0 Å². The van der Waals surface area contributed by atoms with Gasteiger partial charge in [0.1, 0.15) is 18.2 Å². The number of nitrogens with zero attached hydrogens (tertiary/aromatic N) is 4. The lowest BCUT2D eigenvalue weighted by Crippen LogP contribution is -2.32. The highest BCUT2D eigenvalue weighted by Crippen LogP contribution is 2.24. The topological polar surface area (TPSA) is 90.6 Å². The first-order valence-electron chi connectivity index (χ1n) is 10.5. The Hall–Kier alpha value is -4.01. The zero-order valence-electron chi connectivity index (χ0n) is 18.6. The summed E-state index contributed by atoms with van der Waals surface area (Å²) in [5.74, 6) is 0.986. The lowest BCUT2D eigenvalue weighted by molar-refractivity contribution is -0.123. The normalized spacial score (nSPS) is 10.9. The SMILES string of the molecule is Cc1cc(C)c(OCC(=O)NCCOc2ccc3nnc(-c4ccc(F)cc4)n3n2)c(C)c1. The molecule has 9 heteroatoms. The van der Waals surface area contributed by atoms with Crippen LogP contribution in [0.4, 0.5) is 4.39 Å². The van der Waals surface area contributed by atoms with Crippen LogP contribution in [-0.2, 0) is 4.79 Å². The van der Waals surface area contributed by atoms with Gasteiger partial charge in [0.05, 0.1) is 6.54 Å². The average molecular weight is 449 g/mol. The maximum absolute atomic E-state index is 13.2. The highest BCUT2D eigenvalue weighted by atomic mass is 19.1. The minimum Gasteiger partial charge on any atom is -0.483 e. The first-order valence-corrected chi connectivity index (χ1v) is 10.5. The van der Waals surface area contributed by atoms with Crippen LogP contribution >= 0.6 is 0 Å². The Bertz CT molecular complexity index is 1260. The van der Waals surface area contributed by atoms with Crippen molar-refractivity contribution in [3.05, 3.63) is 71.0 Å². The van der Waals surface area contributed by atoms with E-state index in [0.717, 1.165) is 22.4 Å². The second kappa shape index (κ2) is 9.64. The average Bonchev–Trinajstić information content (AvgIpc) is 3.20. The molecule has 0 aliphatic heterocycles. The van der Waals surface area contributed by atoms with Crippen molar-refractivity contribution in [1.82, 2.24) is 25.1 Å². The number of benzene rings is 2. The highest BCUT2D eigenvalue weighted by Gasteiger charge is 2.11. The van der Waals surface area contributed by atoms with Gasteiger partial charge in [-0.3, -0.25) is 4.79 Å². The number of halogens is 1. The molecule has 4 aromatic rings. The minimum atomic E-state index is -0.332. The largest absolute Gasteiger partial charge is 0.483 e. The third kappa shape index (κ3) is 5.25. The lowest BCUT2D eigenvalue weighted by Gasteiger charge is -2.13. The second-order valence-electron chi connectivity index (χ2n) is 7.69. The Labute approximate surface area is 190 Å². The fourth-order valence-corrected chi connectivity index (χ4v) is 3.56. The zero-order chi connectivity index (χ0) is 23.4. The first kappa shape index (κ1) is 22.2. The standard InChI is InChI=1S/C24H24FN5O3/c1-15-12-16(2)23(17(3)13-15)33-14-21(31)26-10-11-32-22-9-8-20-27-28-24(30(20)29-22)18-4-6-19(25)7-5-18/h4-9,12-13H,10-11,14H2,1-3H3,(H,26,31). The van der Waals surface area contributed by atoms with E-state index in [4.69, 9.17) is 9.47 Å². The molecule has 170 valence electrons. The van der Waals surface area contributed by atoms with Crippen LogP contribution in [0.1, 0.15) is 16.7 Å². The molecule has 0 aliphatic rings. The van der Waals surface area contributed by atoms with Gasteiger partial charge in [-0.25, -0.2) is 4.39 Å². The number of carbonyl (C=O) groups excluding carboxylic acids is 1. The van der Waals surface area contributed by atoms with Gasteiger partial charge in [0, 0.05) is 11.6 Å². The molecule has 1 N–H and O–H groups in total. The van der Waals surface area contributed by atoms with Gasteiger partial charge in [-0.05, 0) is 62.2 Å². The number of hydrogen-bond donors (Lipinski definition) is 1. The van der Waals surface area contributed by atoms with E-state index in [2.05, 4.69) is 20.6 Å². The summed E-state index contributed by atoms with van der Waals surface area (Å²) in [6.07, 6.45) is 0. The van der Waals surface area contributed by atoms with Gasteiger partial charge in [-0.2, -0.15) is 4.52 Å². The molecule has 4 rings (SSSR count). The molecule has 1 amide bonds. The molecule has 2 aromatic carbocycles. The van der Waals surface area contributed by atoms with E-state index in [0.29, 0.717) is 29.5 Å². The number of fused-ring (bicyclic) bond motifs is 1. The molecule has 0 spiro atoms. The maximum Gasteiger partial charge on any atom is 0.258 e. The number of amides is 1. The van der Waals surface area contributed by atoms with Gasteiger partial charge in [0.15, 0.2) is 18.1 Å². The Balaban J connectivity index is 1.30. The van der Waals surface area contributed by atoms with Gasteiger partial charge in [-0.1, -0.05) is 17.7 Å². The summed E-state index contributed by atoms with van der Waals surface area (Å²) in [6, 6.07) is 13.4. The molecule has 33 heavy (non-hydrogen) atoms. The van der Waals surface area contributed by atoms with Crippen LogP contribution in [0, 0.1) is 26.6 Å². The third-order valence-electron chi connectivity index (χ3n) is 4.97. The van der Waals surface area contributed by atoms with Crippen LogP contribution in [0.25, 0.3) is 17.0 Å². The number of aryl methyl sites for hydroxylation is 3. The molecule has 0 bridgehead atoms. The second-order valence-corrected chi connectivity index (χ2v) is 7.69. The fraction of sp³-hybridized carbons (Fsp3) is 0.250. The van der Waals surface area contributed by atoms with Crippen LogP contribution in [-0.4, -0.2) is 45.5 Å². The van der Waals surface area contributed by atoms with Gasteiger partial charge < -0.3 is 14.8 Å². The molecule has 0 unspecified atom stereocenters. The molecular formula is C24H24FN5O3. The molecule has 0 fully saturated rings. The van der Waals surface area contributed by atoms with Crippen molar-refractivity contribution in [1.29, 1.82) is 0 Å². The van der Waals surface area contributed by atoms with Crippen LogP contribution in [0.3, 0.4) is 0 Å². The smallest absolute Gasteiger partial charge is 0.258 e. The van der Waals surface area contributed by atoms with Gasteiger partial charge in [-0.15, -0.1) is 15.3 Å². The van der Waals surface area contributed by atoms with E-state index in [1.165, 1.54) is 16.6 Å². The summed E-state index contributed by atoms with van der Waals surface area (Å²) in [7, 11) is 0. The van der Waals surface area contributed by atoms with Crippen molar-refractivity contribution in [2.24, 2.45) is 0 Å². The van der Waals surface area contributed by atoms with Crippen LogP contribution in [0.15, 0.2) is 48.5 Å². The van der Waals surface area contributed by atoms with E-state index in [1.807, 2.05) is 32.9 Å². The van der Waals surface area contributed by atoms with Crippen molar-refractivity contribution in [2.75, 3.05) is 19.8 Å². The predicted molar refractivity (Wildman–Crippen MR) is 121 cm³/mol. The molecule has 2 aromatic heterocycles. The van der Waals surface area contributed by atoms with Gasteiger partial charge in [0.2, 0.25) is 5.88 Å². The van der Waals surface area contributed by atoms with Crippen molar-refractivity contribution < 1.29 is 18.7 Å². The van der Waals surface area contributed by atoms with Crippen LogP contribution < -0.4 is 14.8 Å². The predicted octanol–water partition coefficient (Wildman–Crippen LogP) is 3.43. The Kier molecular flexibility index (Phi) is 6.48. The van der Waals surface area contributed by atoms with Crippen molar-refractivity contribution in [3.63, 3.8) is 0 Å². The van der Waals surface area contributed by atoms with E-state index < -0.39 is 0 Å². The summed E-state index contributed by atoms with van der Waals surface area (Å²) >= 11 is 0. The Morgan fingerprint density at radius 1 is 1.00 bits per heavy atom. The number of nitrogens with one attached hydrogen (secondary N) is 1. The van der Waals surface area contributed by atoms with E-state index in [-0.39, 0.29) is 24.9 Å². The molecule has 0 radical (unpaired) electrons. The fourth-order valence-electron chi connectivity index (χ4n) is 3.56. The number of ether oxygens (including phenoxy) is 2. The molecule has 0 saturated heterocycles. The van der Waals surface area contributed by atoms with Gasteiger partial charge >= 0.3 is 0 Å². The number of hydrogen-bond acceptors (Lipinski definition) is 6. The Morgan fingerprint density at radius 3 is 2.45 bits per heavy atom. The minimum absolute atomic E-state index is 0.0727. The van der Waals surface area contributed by atoms with Crippen LogP contribution in [0.2, 0.25) is 0 Å². The number of aromatic nitrogens is 4. The Morgan fingerprint density at radius 2 is 1.73 bits per heavy atom. The lowest BCUT2D eigenvalue weighted by atomic mass is 10.1. The van der Waals surface area contributed by atoms with Crippen LogP contribution in [0.5, 0.6) is 11.6 Å².